The Morgan fingerprint density at radius 2 is 1.76 bits per heavy atom. The van der Waals surface area contributed by atoms with Crippen LogP contribution in [0.1, 0.15) is 35.9 Å². The smallest absolute Gasteiger partial charge is 0.321 e. The fraction of sp³-hybridized carbons (Fsp3) is 0.261. The van der Waals surface area contributed by atoms with Crippen molar-refractivity contribution in [3.63, 3.8) is 0 Å². The van der Waals surface area contributed by atoms with Gasteiger partial charge in [-0.1, -0.05) is 12.1 Å². The normalized spacial score (nSPS) is 12.2. The fourth-order valence-corrected chi connectivity index (χ4v) is 4.31. The summed E-state index contributed by atoms with van der Waals surface area (Å²) in [4.78, 5) is 24.3. The van der Waals surface area contributed by atoms with Crippen molar-refractivity contribution in [1.29, 1.82) is 0 Å². The van der Waals surface area contributed by atoms with E-state index in [9.17, 15) is 22.4 Å². The van der Waals surface area contributed by atoms with Gasteiger partial charge in [0.1, 0.15) is 11.5 Å². The molecule has 174 valence electrons. The van der Waals surface area contributed by atoms with Gasteiger partial charge >= 0.3 is 5.97 Å². The number of esters is 1. The Balaban J connectivity index is 1.70. The topological polar surface area (TPSA) is 107 Å². The van der Waals surface area contributed by atoms with Crippen molar-refractivity contribution in [1.82, 2.24) is 15.1 Å². The molecule has 1 heterocycles. The Labute approximate surface area is 191 Å². The van der Waals surface area contributed by atoms with Gasteiger partial charge in [0.05, 0.1) is 23.2 Å². The van der Waals surface area contributed by atoms with Gasteiger partial charge in [-0.2, -0.15) is 5.10 Å². The number of nitrogens with one attached hydrogen (secondary N) is 1. The lowest BCUT2D eigenvalue weighted by atomic mass is 10.1. The van der Waals surface area contributed by atoms with Crippen LogP contribution in [0.15, 0.2) is 59.5 Å². The molecule has 0 radical (unpaired) electrons. The van der Waals surface area contributed by atoms with Crippen LogP contribution in [0.2, 0.25) is 0 Å². The van der Waals surface area contributed by atoms with Gasteiger partial charge in [-0.25, -0.2) is 12.8 Å². The second kappa shape index (κ2) is 9.95. The molecule has 1 N–H and O–H groups in total. The van der Waals surface area contributed by atoms with E-state index in [0.717, 1.165) is 0 Å². The molecule has 3 rings (SSSR count). The molecule has 0 saturated heterocycles. The first-order valence-corrected chi connectivity index (χ1v) is 11.8. The van der Waals surface area contributed by atoms with Gasteiger partial charge in [0.15, 0.2) is 15.6 Å². The van der Waals surface area contributed by atoms with E-state index in [0.29, 0.717) is 22.5 Å². The van der Waals surface area contributed by atoms with Gasteiger partial charge in [-0.3, -0.25) is 14.3 Å². The number of nitrogens with zero attached hydrogens (tertiary/aromatic N) is 2. The molecule has 1 unspecified atom stereocenters. The Hall–Kier alpha value is -3.53. The highest BCUT2D eigenvalue weighted by molar-refractivity contribution is 7.92. The minimum atomic E-state index is -3.82. The van der Waals surface area contributed by atoms with Crippen LogP contribution in [0.25, 0.3) is 11.3 Å². The molecule has 10 heteroatoms. The van der Waals surface area contributed by atoms with Crippen molar-refractivity contribution >= 4 is 21.7 Å². The van der Waals surface area contributed by atoms with Crippen molar-refractivity contribution in [2.75, 3.05) is 12.4 Å². The highest BCUT2D eigenvalue weighted by Crippen LogP contribution is 2.21. The van der Waals surface area contributed by atoms with Crippen molar-refractivity contribution < 1.29 is 27.1 Å². The minimum Gasteiger partial charge on any atom is -0.465 e. The van der Waals surface area contributed by atoms with Crippen molar-refractivity contribution in [3.05, 3.63) is 71.7 Å². The first kappa shape index (κ1) is 24.1. The summed E-state index contributed by atoms with van der Waals surface area (Å²) in [7, 11) is -2.18. The lowest BCUT2D eigenvalue weighted by Crippen LogP contribution is -2.28. The largest absolute Gasteiger partial charge is 0.465 e. The number of hydrogen-bond acceptors (Lipinski definition) is 6. The molecule has 1 atom stereocenters. The van der Waals surface area contributed by atoms with Gasteiger partial charge in [-0.05, 0) is 61.9 Å². The third-order valence-electron chi connectivity index (χ3n) is 4.95. The summed E-state index contributed by atoms with van der Waals surface area (Å²) in [6.45, 7) is 3.47. The highest BCUT2D eigenvalue weighted by Gasteiger charge is 2.21. The molecule has 0 bridgehead atoms. The van der Waals surface area contributed by atoms with Gasteiger partial charge in [-0.15, -0.1) is 0 Å². The summed E-state index contributed by atoms with van der Waals surface area (Å²) >= 11 is 0. The zero-order valence-corrected chi connectivity index (χ0v) is 19.2. The Morgan fingerprint density at radius 1 is 1.12 bits per heavy atom. The number of aromatic nitrogens is 2. The van der Waals surface area contributed by atoms with Gasteiger partial charge in [0.25, 0.3) is 5.91 Å². The molecule has 0 aliphatic carbocycles. The van der Waals surface area contributed by atoms with Gasteiger partial charge < -0.3 is 10.1 Å². The van der Waals surface area contributed by atoms with E-state index in [4.69, 9.17) is 4.74 Å². The molecule has 0 saturated carbocycles. The maximum absolute atomic E-state index is 13.2. The number of carbonyl (C=O) groups is 2. The molecule has 0 fully saturated rings. The number of rotatable bonds is 8. The van der Waals surface area contributed by atoms with E-state index < -0.39 is 27.6 Å². The van der Waals surface area contributed by atoms with E-state index in [1.807, 2.05) is 0 Å². The summed E-state index contributed by atoms with van der Waals surface area (Å²) in [5.41, 5.74) is 2.21. The number of halogens is 1. The van der Waals surface area contributed by atoms with E-state index >= 15 is 0 Å². The van der Waals surface area contributed by atoms with Crippen LogP contribution in [0.5, 0.6) is 0 Å². The maximum atomic E-state index is 13.2. The first-order chi connectivity index (χ1) is 15.6. The SMILES string of the molecule is CCOC(=O)CS(=O)(=O)c1ccc(C(C)NC(=O)c2cc(-c3ccc(F)cc3)nn2C)cc1. The van der Waals surface area contributed by atoms with Crippen LogP contribution >= 0.6 is 0 Å². The predicted molar refractivity (Wildman–Crippen MR) is 120 cm³/mol. The number of benzene rings is 2. The first-order valence-electron chi connectivity index (χ1n) is 10.2. The molecule has 0 aliphatic rings. The van der Waals surface area contributed by atoms with E-state index in [-0.39, 0.29) is 23.2 Å². The lowest BCUT2D eigenvalue weighted by molar-refractivity contribution is -0.139. The Kier molecular flexibility index (Phi) is 7.27. The van der Waals surface area contributed by atoms with Crippen molar-refractivity contribution in [2.45, 2.75) is 24.8 Å². The van der Waals surface area contributed by atoms with Crippen LogP contribution in [0.3, 0.4) is 0 Å². The van der Waals surface area contributed by atoms with E-state index in [1.165, 1.54) is 28.9 Å². The quantitative estimate of drug-likeness (QED) is 0.504. The summed E-state index contributed by atoms with van der Waals surface area (Å²) in [5.74, 6) is -2.27. The Morgan fingerprint density at radius 3 is 2.36 bits per heavy atom. The molecule has 0 spiro atoms. The van der Waals surface area contributed by atoms with Crippen LogP contribution in [0, 0.1) is 5.82 Å². The molecule has 2 aromatic carbocycles. The average molecular weight is 474 g/mol. The average Bonchev–Trinajstić information content (AvgIpc) is 3.16. The number of aryl methyl sites for hydroxylation is 1. The monoisotopic (exact) mass is 473 g/mol. The second-order valence-electron chi connectivity index (χ2n) is 7.37. The standard InChI is InChI=1S/C23H24FN3O5S/c1-4-32-22(28)14-33(30,31)19-11-7-16(8-12-19)15(2)25-23(29)21-13-20(26-27(21)3)17-5-9-18(24)10-6-17/h5-13,15H,4,14H2,1-3H3,(H,25,29). The van der Waals surface area contributed by atoms with Crippen LogP contribution < -0.4 is 5.32 Å². The highest BCUT2D eigenvalue weighted by atomic mass is 32.2. The third-order valence-corrected chi connectivity index (χ3v) is 6.56. The van der Waals surface area contributed by atoms with Crippen molar-refractivity contribution in [3.8, 4) is 11.3 Å². The zero-order valence-electron chi connectivity index (χ0n) is 18.4. The number of hydrogen-bond donors (Lipinski definition) is 1. The van der Waals surface area contributed by atoms with Gasteiger partial charge in [0.2, 0.25) is 0 Å². The van der Waals surface area contributed by atoms with Crippen LogP contribution in [-0.2, 0) is 26.4 Å². The molecular weight excluding hydrogens is 449 g/mol. The maximum Gasteiger partial charge on any atom is 0.321 e. The van der Waals surface area contributed by atoms with Gasteiger partial charge in [0, 0.05) is 12.6 Å². The molecular formula is C23H24FN3O5S. The summed E-state index contributed by atoms with van der Waals surface area (Å²) in [6, 6.07) is 12.9. The van der Waals surface area contributed by atoms with Crippen LogP contribution in [0.4, 0.5) is 4.39 Å². The molecule has 33 heavy (non-hydrogen) atoms. The minimum absolute atomic E-state index is 0.00611. The summed E-state index contributed by atoms with van der Waals surface area (Å²) in [6.07, 6.45) is 0. The number of carbonyl (C=O) groups excluding carboxylic acids is 2. The molecule has 8 nitrogen and oxygen atoms in total. The van der Waals surface area contributed by atoms with Crippen LogP contribution in [-0.4, -0.2) is 42.4 Å². The van der Waals surface area contributed by atoms with E-state index in [2.05, 4.69) is 10.4 Å². The second-order valence-corrected chi connectivity index (χ2v) is 9.36. The van der Waals surface area contributed by atoms with Crippen molar-refractivity contribution in [2.24, 2.45) is 7.05 Å². The predicted octanol–water partition coefficient (Wildman–Crippen LogP) is 3.05. The third kappa shape index (κ3) is 5.83. The number of sulfone groups is 1. The fourth-order valence-electron chi connectivity index (χ4n) is 3.20. The molecule has 0 aliphatic heterocycles. The number of ether oxygens (including phenoxy) is 1. The Bertz CT molecular complexity index is 1250. The summed E-state index contributed by atoms with van der Waals surface area (Å²) in [5, 5.41) is 7.17. The molecule has 3 aromatic rings. The van der Waals surface area contributed by atoms with E-state index in [1.54, 1.807) is 51.2 Å². The molecule has 1 amide bonds. The summed E-state index contributed by atoms with van der Waals surface area (Å²) < 4.78 is 44.0. The number of amides is 1. The zero-order chi connectivity index (χ0) is 24.2. The molecule has 1 aromatic heterocycles. The lowest BCUT2D eigenvalue weighted by Gasteiger charge is -2.15.